The molecule has 6 nitrogen and oxygen atoms in total. The summed E-state index contributed by atoms with van der Waals surface area (Å²) in [5.74, 6) is 0.341. The number of carbonyl (C=O) groups is 1. The van der Waals surface area contributed by atoms with E-state index >= 15 is 0 Å². The lowest BCUT2D eigenvalue weighted by atomic mass is 10.1. The van der Waals surface area contributed by atoms with E-state index in [1.807, 2.05) is 24.0 Å². The number of likely N-dealkylation sites (N-methyl/N-ethyl adjacent to an activating group) is 1. The molecular weight excluding hydrogens is 268 g/mol. The van der Waals surface area contributed by atoms with Crippen molar-refractivity contribution in [2.24, 2.45) is 5.92 Å². The van der Waals surface area contributed by atoms with E-state index in [1.54, 1.807) is 11.1 Å². The van der Waals surface area contributed by atoms with Gasteiger partial charge in [-0.15, -0.1) is 0 Å². The van der Waals surface area contributed by atoms with E-state index in [1.165, 1.54) is 6.42 Å². The molecule has 1 N–H and O–H groups in total. The standard InChI is InChI=1S/C15H26N4O2/c1-13(11-19-8-5-7-17-19)10-16-15(20)18(2)12-14-6-3-4-9-21-14/h5,7-8,13-14H,3-4,6,9-12H2,1-2H3,(H,16,20). The molecule has 21 heavy (non-hydrogen) atoms. The number of hydrogen-bond donors (Lipinski definition) is 1. The number of amides is 2. The number of hydrogen-bond acceptors (Lipinski definition) is 3. The van der Waals surface area contributed by atoms with E-state index in [9.17, 15) is 4.79 Å². The third-order valence-electron chi connectivity index (χ3n) is 3.76. The van der Waals surface area contributed by atoms with Crippen LogP contribution in [0.15, 0.2) is 18.5 Å². The van der Waals surface area contributed by atoms with Gasteiger partial charge in [0, 0.05) is 45.7 Å². The first-order valence-electron chi connectivity index (χ1n) is 7.73. The molecule has 1 saturated heterocycles. The molecule has 1 aromatic rings. The minimum atomic E-state index is -0.0310. The Hall–Kier alpha value is -1.56. The van der Waals surface area contributed by atoms with Gasteiger partial charge in [-0.05, 0) is 31.2 Å². The highest BCUT2D eigenvalue weighted by molar-refractivity contribution is 5.73. The fourth-order valence-corrected chi connectivity index (χ4v) is 2.53. The van der Waals surface area contributed by atoms with Crippen LogP contribution in [0, 0.1) is 5.92 Å². The summed E-state index contributed by atoms with van der Waals surface area (Å²) in [6.45, 7) is 5.05. The van der Waals surface area contributed by atoms with Gasteiger partial charge in [-0.1, -0.05) is 6.92 Å². The summed E-state index contributed by atoms with van der Waals surface area (Å²) >= 11 is 0. The van der Waals surface area contributed by atoms with E-state index in [0.717, 1.165) is 26.0 Å². The van der Waals surface area contributed by atoms with Crippen LogP contribution in [0.25, 0.3) is 0 Å². The quantitative estimate of drug-likeness (QED) is 0.869. The van der Waals surface area contributed by atoms with Crippen molar-refractivity contribution in [2.75, 3.05) is 26.7 Å². The number of nitrogens with zero attached hydrogens (tertiary/aromatic N) is 3. The van der Waals surface area contributed by atoms with Gasteiger partial charge in [0.1, 0.15) is 0 Å². The zero-order valence-corrected chi connectivity index (χ0v) is 13.0. The summed E-state index contributed by atoms with van der Waals surface area (Å²) in [5, 5.41) is 7.15. The topological polar surface area (TPSA) is 59.4 Å². The normalized spacial score (nSPS) is 20.0. The minimum absolute atomic E-state index is 0.0310. The van der Waals surface area contributed by atoms with Crippen molar-refractivity contribution in [3.63, 3.8) is 0 Å². The number of aromatic nitrogens is 2. The maximum Gasteiger partial charge on any atom is 0.317 e. The van der Waals surface area contributed by atoms with Crippen LogP contribution in [0.1, 0.15) is 26.2 Å². The summed E-state index contributed by atoms with van der Waals surface area (Å²) in [4.78, 5) is 13.8. The number of ether oxygens (including phenoxy) is 1. The highest BCUT2D eigenvalue weighted by Crippen LogP contribution is 2.13. The summed E-state index contributed by atoms with van der Waals surface area (Å²) in [6, 6.07) is 1.87. The Balaban J connectivity index is 1.65. The number of rotatable bonds is 6. The van der Waals surface area contributed by atoms with Crippen LogP contribution < -0.4 is 5.32 Å². The molecule has 2 heterocycles. The Morgan fingerprint density at radius 2 is 2.43 bits per heavy atom. The molecule has 1 aromatic heterocycles. The summed E-state index contributed by atoms with van der Waals surface area (Å²) in [5.41, 5.74) is 0. The molecule has 2 amide bonds. The van der Waals surface area contributed by atoms with Crippen LogP contribution in [0.5, 0.6) is 0 Å². The molecule has 1 aliphatic rings. The van der Waals surface area contributed by atoms with E-state index in [0.29, 0.717) is 19.0 Å². The Labute approximate surface area is 126 Å². The first-order valence-corrected chi connectivity index (χ1v) is 7.73. The second-order valence-electron chi connectivity index (χ2n) is 5.89. The van der Waals surface area contributed by atoms with Gasteiger partial charge < -0.3 is 15.0 Å². The first-order chi connectivity index (χ1) is 10.1. The van der Waals surface area contributed by atoms with Crippen molar-refractivity contribution in [3.8, 4) is 0 Å². The summed E-state index contributed by atoms with van der Waals surface area (Å²) in [7, 11) is 1.82. The van der Waals surface area contributed by atoms with Gasteiger partial charge in [0.15, 0.2) is 0 Å². The Morgan fingerprint density at radius 1 is 1.57 bits per heavy atom. The lowest BCUT2D eigenvalue weighted by molar-refractivity contribution is 0.00383. The highest BCUT2D eigenvalue weighted by Gasteiger charge is 2.18. The molecule has 0 radical (unpaired) electrons. The molecular formula is C15H26N4O2. The van der Waals surface area contributed by atoms with E-state index in [-0.39, 0.29) is 12.1 Å². The third kappa shape index (κ3) is 5.38. The van der Waals surface area contributed by atoms with Crippen LogP contribution in [-0.4, -0.2) is 53.6 Å². The third-order valence-corrected chi connectivity index (χ3v) is 3.76. The SMILES string of the molecule is CC(CNC(=O)N(C)CC1CCCCO1)Cn1cccn1. The summed E-state index contributed by atoms with van der Waals surface area (Å²) in [6.07, 6.45) is 7.27. The Kier molecular flexibility index (Phi) is 6.04. The van der Waals surface area contributed by atoms with Crippen LogP contribution in [0.4, 0.5) is 4.79 Å². The van der Waals surface area contributed by atoms with Crippen LogP contribution in [0.3, 0.4) is 0 Å². The monoisotopic (exact) mass is 294 g/mol. The van der Waals surface area contributed by atoms with Crippen molar-refractivity contribution < 1.29 is 9.53 Å². The maximum atomic E-state index is 12.1. The lowest BCUT2D eigenvalue weighted by Gasteiger charge is -2.27. The van der Waals surface area contributed by atoms with Gasteiger partial charge >= 0.3 is 6.03 Å². The molecule has 0 spiro atoms. The Bertz CT molecular complexity index is 415. The molecule has 6 heteroatoms. The molecule has 0 aliphatic carbocycles. The van der Waals surface area contributed by atoms with Crippen molar-refractivity contribution in [3.05, 3.63) is 18.5 Å². The molecule has 0 saturated carbocycles. The average Bonchev–Trinajstić information content (AvgIpc) is 2.98. The fraction of sp³-hybridized carbons (Fsp3) is 0.733. The number of carbonyl (C=O) groups excluding carboxylic acids is 1. The molecule has 0 bridgehead atoms. The van der Waals surface area contributed by atoms with Gasteiger partial charge in [0.2, 0.25) is 0 Å². The zero-order chi connectivity index (χ0) is 15.1. The second kappa shape index (κ2) is 8.02. The van der Waals surface area contributed by atoms with Gasteiger partial charge in [0.25, 0.3) is 0 Å². The van der Waals surface area contributed by atoms with Crippen LogP contribution in [0.2, 0.25) is 0 Å². The predicted octanol–water partition coefficient (Wildman–Crippen LogP) is 1.73. The molecule has 1 fully saturated rings. The highest BCUT2D eigenvalue weighted by atomic mass is 16.5. The van der Waals surface area contributed by atoms with Crippen molar-refractivity contribution in [2.45, 2.75) is 38.8 Å². The largest absolute Gasteiger partial charge is 0.376 e. The number of nitrogens with one attached hydrogen (secondary N) is 1. The predicted molar refractivity (Wildman–Crippen MR) is 81.0 cm³/mol. The Morgan fingerprint density at radius 3 is 3.10 bits per heavy atom. The van der Waals surface area contributed by atoms with Crippen LogP contribution in [-0.2, 0) is 11.3 Å². The van der Waals surface area contributed by atoms with Crippen LogP contribution >= 0.6 is 0 Å². The van der Waals surface area contributed by atoms with E-state index < -0.39 is 0 Å². The molecule has 2 unspecified atom stereocenters. The lowest BCUT2D eigenvalue weighted by Crippen LogP contribution is -2.44. The molecule has 0 aromatic carbocycles. The van der Waals surface area contributed by atoms with Crippen molar-refractivity contribution in [1.82, 2.24) is 20.0 Å². The van der Waals surface area contributed by atoms with Gasteiger partial charge in [-0.2, -0.15) is 5.10 Å². The average molecular weight is 294 g/mol. The van der Waals surface area contributed by atoms with E-state index in [2.05, 4.69) is 17.3 Å². The molecule has 2 rings (SSSR count). The molecule has 2 atom stereocenters. The number of urea groups is 1. The van der Waals surface area contributed by atoms with Crippen molar-refractivity contribution >= 4 is 6.03 Å². The summed E-state index contributed by atoms with van der Waals surface area (Å²) < 4.78 is 7.55. The minimum Gasteiger partial charge on any atom is -0.376 e. The molecule has 118 valence electrons. The zero-order valence-electron chi connectivity index (χ0n) is 13.0. The second-order valence-corrected chi connectivity index (χ2v) is 5.89. The smallest absolute Gasteiger partial charge is 0.317 e. The van der Waals surface area contributed by atoms with Gasteiger partial charge in [0.05, 0.1) is 6.10 Å². The fourth-order valence-electron chi connectivity index (χ4n) is 2.53. The van der Waals surface area contributed by atoms with E-state index in [4.69, 9.17) is 4.74 Å². The van der Waals surface area contributed by atoms with Crippen molar-refractivity contribution in [1.29, 1.82) is 0 Å². The molecule has 1 aliphatic heterocycles. The van der Waals surface area contributed by atoms with Gasteiger partial charge in [-0.3, -0.25) is 4.68 Å². The van der Waals surface area contributed by atoms with Gasteiger partial charge in [-0.25, -0.2) is 4.79 Å². The first kappa shape index (κ1) is 15.8. The maximum absolute atomic E-state index is 12.1.